The van der Waals surface area contributed by atoms with Crippen LogP contribution < -0.4 is 23.7 Å². The number of hydrogen-bond donors (Lipinski definition) is 1. The van der Waals surface area contributed by atoms with Crippen LogP contribution in [0, 0.1) is 0 Å². The summed E-state index contributed by atoms with van der Waals surface area (Å²) in [5.41, 5.74) is 9.85. The Morgan fingerprint density at radius 3 is 1.07 bits per heavy atom. The van der Waals surface area contributed by atoms with Gasteiger partial charge in [0.05, 0.1) is 34.5 Å². The van der Waals surface area contributed by atoms with Crippen LogP contribution >= 0.6 is 0 Å². The van der Waals surface area contributed by atoms with Crippen LogP contribution in [0.2, 0.25) is 0 Å². The largest absolute Gasteiger partial charge is 0.504 e. The number of carbonyl (C=O) groups excluding carboxylic acids is 3. The first kappa shape index (κ1) is 80.9. The highest BCUT2D eigenvalue weighted by Gasteiger charge is 2.21. The fraction of sp³-hybridized carbons (Fsp3) is 0.393. The number of amides is 3. The molecule has 2 saturated heterocycles. The molecule has 9 aromatic rings. The molecule has 0 unspecified atom stereocenters. The second-order valence-corrected chi connectivity index (χ2v) is 27.2. The van der Waals surface area contributed by atoms with Crippen molar-refractivity contribution in [2.75, 3.05) is 93.8 Å². The molecule has 0 aliphatic carbocycles. The summed E-state index contributed by atoms with van der Waals surface area (Å²) in [7, 11) is 4.84. The zero-order valence-electron chi connectivity index (χ0n) is 63.1. The highest BCUT2D eigenvalue weighted by atomic mass is 16.5. The third-order valence-electron chi connectivity index (χ3n) is 19.2. The lowest BCUT2D eigenvalue weighted by Gasteiger charge is -2.27. The number of pyridine rings is 3. The second-order valence-electron chi connectivity index (χ2n) is 27.2. The van der Waals surface area contributed by atoms with Gasteiger partial charge < -0.3 is 48.2 Å². The Kier molecular flexibility index (Phi) is 35.4. The van der Waals surface area contributed by atoms with E-state index in [1.807, 2.05) is 142 Å². The number of aromatic nitrogens is 3. The molecule has 18 heteroatoms. The third kappa shape index (κ3) is 29.6. The Morgan fingerprint density at radius 2 is 0.720 bits per heavy atom. The summed E-state index contributed by atoms with van der Waals surface area (Å²) in [6, 6.07) is 66.1. The fourth-order valence-corrected chi connectivity index (χ4v) is 13.0. The van der Waals surface area contributed by atoms with Crippen molar-refractivity contribution in [2.24, 2.45) is 0 Å². The minimum Gasteiger partial charge on any atom is -0.504 e. The molecule has 3 aromatic heterocycles. The quantitative estimate of drug-likeness (QED) is 0.0359. The molecule has 6 aromatic carbocycles. The van der Waals surface area contributed by atoms with Crippen molar-refractivity contribution in [3.05, 3.63) is 269 Å². The summed E-state index contributed by atoms with van der Waals surface area (Å²) in [6.45, 7) is 9.79. The van der Waals surface area contributed by atoms with Crippen LogP contribution in [0.1, 0.15) is 128 Å². The second kappa shape index (κ2) is 46.7. The topological polar surface area (TPSA) is 182 Å². The summed E-state index contributed by atoms with van der Waals surface area (Å²) in [6.07, 6.45) is 21.4. The molecular weight excluding hydrogens is 1340 g/mol. The minimum absolute atomic E-state index is 0.0959. The minimum atomic E-state index is 0.0959. The van der Waals surface area contributed by atoms with Gasteiger partial charge in [0, 0.05) is 140 Å². The number of rotatable bonds is 39. The Hall–Kier alpha value is -10.1. The van der Waals surface area contributed by atoms with Gasteiger partial charge in [-0.1, -0.05) is 134 Å². The summed E-state index contributed by atoms with van der Waals surface area (Å²) < 4.78 is 34.1. The summed E-state index contributed by atoms with van der Waals surface area (Å²) in [5.74, 6) is 3.82. The van der Waals surface area contributed by atoms with Gasteiger partial charge in [-0.15, -0.1) is 0 Å². The van der Waals surface area contributed by atoms with Crippen LogP contribution in [-0.4, -0.2) is 156 Å². The molecule has 2 aliphatic rings. The Morgan fingerprint density at radius 1 is 0.374 bits per heavy atom. The molecule has 0 atom stereocenters. The number of ether oxygens (including phenoxy) is 6. The molecule has 5 heterocycles. The molecular formula is C89H110N8O10. The van der Waals surface area contributed by atoms with E-state index in [2.05, 4.69) is 85.4 Å². The number of nitrogens with zero attached hydrogens (tertiary/aromatic N) is 8. The standard InChI is InChI=1S/C32H41N3O3.C31H39N3O4.C26H30N2O3/c1-37-31-24-28(17-18-30(31)38-26-34-21-10-3-11-22-34)25-35(23-19-29-15-8-9-20-33-29)32(36)16-7-6-14-27-12-4-2-5-13-27;1-36-30-23-27(14-15-29(30)38-25-33-19-21-37-22-20-33)24-34(18-16-28-12-7-8-17-32-28)31(35)13-6-5-11-26-9-3-2-4-10-26;1-31-25-19-22(14-15-24(25)29)20-28(18-16-23-12-7-8-17-27-23)26(30)13-6-5-11-21-9-3-2-4-10-21/h2,4-5,8-9,12-13,15,17-18,20,24H,3,6-7,10-11,14,16,19,21-23,25-26H2,1H3;2-4,7-10,12,14-15,17,23H,5-6,11,13,16,18-22,24-25H2,1H3;2-4,7-10,12,14-15,17,19,29H,5-6,11,13,16,18,20H2,1H3. The maximum Gasteiger partial charge on any atom is 0.222 e. The first-order chi connectivity index (χ1) is 52.6. The number of methoxy groups -OCH3 is 3. The van der Waals surface area contributed by atoms with Gasteiger partial charge in [-0.05, 0) is 177 Å². The van der Waals surface area contributed by atoms with Crippen LogP contribution in [0.5, 0.6) is 34.5 Å². The van der Waals surface area contributed by atoms with E-state index >= 15 is 0 Å². The molecule has 0 saturated carbocycles. The van der Waals surface area contributed by atoms with Gasteiger partial charge in [-0.2, -0.15) is 0 Å². The smallest absolute Gasteiger partial charge is 0.222 e. The lowest BCUT2D eigenvalue weighted by molar-refractivity contribution is -0.132. The lowest BCUT2D eigenvalue weighted by atomic mass is 10.1. The summed E-state index contributed by atoms with van der Waals surface area (Å²) in [5, 5.41) is 9.85. The number of likely N-dealkylation sites (tertiary alicyclic amines) is 1. The first-order valence-electron chi connectivity index (χ1n) is 38.2. The van der Waals surface area contributed by atoms with Crippen LogP contribution in [-0.2, 0) is 77.3 Å². The van der Waals surface area contributed by atoms with Crippen molar-refractivity contribution < 1.29 is 47.9 Å². The van der Waals surface area contributed by atoms with Crippen molar-refractivity contribution in [1.82, 2.24) is 39.5 Å². The van der Waals surface area contributed by atoms with Crippen molar-refractivity contribution in [3.63, 3.8) is 0 Å². The number of morpholine rings is 1. The number of phenols is 1. The number of piperidine rings is 1. The number of aryl methyl sites for hydroxylation is 3. The Bertz CT molecular complexity index is 3790. The van der Waals surface area contributed by atoms with Gasteiger partial charge in [-0.25, -0.2) is 0 Å². The molecule has 18 nitrogen and oxygen atoms in total. The van der Waals surface area contributed by atoms with Crippen LogP contribution in [0.3, 0.4) is 0 Å². The van der Waals surface area contributed by atoms with Gasteiger partial charge in [0.15, 0.2) is 34.5 Å². The molecule has 0 spiro atoms. The monoisotopic (exact) mass is 1450 g/mol. The van der Waals surface area contributed by atoms with E-state index in [1.54, 1.807) is 44.9 Å². The third-order valence-corrected chi connectivity index (χ3v) is 19.2. The fourth-order valence-electron chi connectivity index (χ4n) is 13.0. The molecule has 2 fully saturated rings. The van der Waals surface area contributed by atoms with E-state index < -0.39 is 0 Å². The Labute approximate surface area is 634 Å². The molecule has 0 radical (unpaired) electrons. The maximum atomic E-state index is 13.3. The molecule has 107 heavy (non-hydrogen) atoms. The molecule has 3 amide bonds. The molecule has 11 rings (SSSR count). The van der Waals surface area contributed by atoms with Crippen LogP contribution in [0.4, 0.5) is 0 Å². The predicted molar refractivity (Wildman–Crippen MR) is 422 cm³/mol. The zero-order valence-corrected chi connectivity index (χ0v) is 63.1. The number of phenolic OH excluding ortho intramolecular Hbond substituents is 1. The van der Waals surface area contributed by atoms with Crippen LogP contribution in [0.25, 0.3) is 0 Å². The lowest BCUT2D eigenvalue weighted by Crippen LogP contribution is -2.38. The SMILES string of the molecule is COc1cc(CN(CCc2ccccn2)C(=O)CCCCc2ccccc2)ccc1O.COc1cc(CN(CCc2ccccn2)C(=O)CCCCc2ccccc2)ccc1OCN1CCCCC1.COc1cc(CN(CCc2ccccn2)C(=O)CCCCc2ccccc2)ccc1OCN1CCOCC1. The first-order valence-corrected chi connectivity index (χ1v) is 38.2. The number of benzene rings is 6. The number of unbranched alkanes of at least 4 members (excludes halogenated alkanes) is 3. The predicted octanol–water partition coefficient (Wildman–Crippen LogP) is 15.4. The average Bonchev–Trinajstić information content (AvgIpc) is 0.865. The summed E-state index contributed by atoms with van der Waals surface area (Å²) in [4.78, 5) is 63.3. The number of aromatic hydroxyl groups is 1. The molecule has 566 valence electrons. The average molecular weight is 1450 g/mol. The maximum absolute atomic E-state index is 13.3. The van der Waals surface area contributed by atoms with Gasteiger partial charge >= 0.3 is 0 Å². The molecule has 0 bridgehead atoms. The van der Waals surface area contributed by atoms with E-state index in [9.17, 15) is 19.5 Å². The Balaban J connectivity index is 0.000000187. The van der Waals surface area contributed by atoms with Crippen molar-refractivity contribution in [3.8, 4) is 34.5 Å². The summed E-state index contributed by atoms with van der Waals surface area (Å²) >= 11 is 0. The van der Waals surface area contributed by atoms with Crippen molar-refractivity contribution >= 4 is 17.7 Å². The molecule has 2 aliphatic heterocycles. The van der Waals surface area contributed by atoms with Gasteiger partial charge in [-0.3, -0.25) is 39.1 Å². The van der Waals surface area contributed by atoms with Crippen molar-refractivity contribution in [1.29, 1.82) is 0 Å². The van der Waals surface area contributed by atoms with Gasteiger partial charge in [0.2, 0.25) is 17.7 Å². The highest BCUT2D eigenvalue weighted by Crippen LogP contribution is 2.32. The van der Waals surface area contributed by atoms with Crippen LogP contribution in [0.15, 0.2) is 219 Å². The normalized spacial score (nSPS) is 12.8. The molecule has 1 N–H and O–H groups in total. The van der Waals surface area contributed by atoms with Gasteiger partial charge in [0.25, 0.3) is 0 Å². The number of carbonyl (C=O) groups is 3. The van der Waals surface area contributed by atoms with E-state index in [0.717, 1.165) is 143 Å². The van der Waals surface area contributed by atoms with E-state index in [4.69, 9.17) is 28.4 Å². The van der Waals surface area contributed by atoms with E-state index in [1.165, 1.54) is 43.1 Å². The zero-order chi connectivity index (χ0) is 74.7. The van der Waals surface area contributed by atoms with Crippen molar-refractivity contribution in [2.45, 2.75) is 135 Å². The van der Waals surface area contributed by atoms with E-state index in [0.29, 0.717) is 108 Å². The van der Waals surface area contributed by atoms with Gasteiger partial charge in [0.1, 0.15) is 13.5 Å². The number of hydrogen-bond acceptors (Lipinski definition) is 15. The van der Waals surface area contributed by atoms with E-state index in [-0.39, 0.29) is 23.5 Å². The highest BCUT2D eigenvalue weighted by molar-refractivity contribution is 5.77.